The number of carbonyl (C=O) groups excluding carboxylic acids is 2. The second-order valence-corrected chi connectivity index (χ2v) is 9.43. The first-order chi connectivity index (χ1) is 15.7. The first-order valence-electron chi connectivity index (χ1n) is 11.0. The number of hydrogen-bond acceptors (Lipinski definition) is 4. The van der Waals surface area contributed by atoms with Crippen LogP contribution in [0.15, 0.2) is 84.6 Å². The van der Waals surface area contributed by atoms with Gasteiger partial charge in [-0.3, -0.25) is 9.59 Å². The highest BCUT2D eigenvalue weighted by Gasteiger charge is 2.40. The van der Waals surface area contributed by atoms with Gasteiger partial charge in [-0.2, -0.15) is 0 Å². The Bertz CT molecular complexity index is 1220. The lowest BCUT2D eigenvalue weighted by Crippen LogP contribution is -2.32. The van der Waals surface area contributed by atoms with Crippen molar-refractivity contribution in [3.05, 3.63) is 95.7 Å². The Kier molecular flexibility index (Phi) is 5.81. The molecule has 1 aliphatic rings. The van der Waals surface area contributed by atoms with E-state index < -0.39 is 0 Å². The molecule has 0 fully saturated rings. The number of rotatable bonds is 5. The zero-order valence-electron chi connectivity index (χ0n) is 19.7. The number of benzene rings is 3. The monoisotopic (exact) mass is 439 g/mol. The molecule has 5 heteroatoms. The molecule has 5 nitrogen and oxygen atoms in total. The quantitative estimate of drug-likeness (QED) is 0.538. The summed E-state index contributed by atoms with van der Waals surface area (Å²) in [5.41, 5.74) is 4.80. The van der Waals surface area contributed by atoms with E-state index >= 15 is 0 Å². The molecule has 0 aromatic heterocycles. The standard InChI is InChI=1S/C28H29N3O2/c1-28(2,3)20-14-16-21(17-15-20)29-25-24(19-10-7-6-8-11-19)26(32)31(27(25)33)23-13-9-12-22(18-23)30(4)5/h6-18,29H,1-5H3. The van der Waals surface area contributed by atoms with Crippen molar-refractivity contribution in [1.29, 1.82) is 0 Å². The van der Waals surface area contributed by atoms with Crippen molar-refractivity contribution in [2.75, 3.05) is 29.2 Å². The fraction of sp³-hybridized carbons (Fsp3) is 0.214. The molecule has 1 aliphatic heterocycles. The van der Waals surface area contributed by atoms with Gasteiger partial charge in [-0.05, 0) is 46.9 Å². The molecule has 0 aliphatic carbocycles. The van der Waals surface area contributed by atoms with Crippen LogP contribution >= 0.6 is 0 Å². The van der Waals surface area contributed by atoms with E-state index in [1.165, 1.54) is 10.5 Å². The average Bonchev–Trinajstić information content (AvgIpc) is 3.03. The number of imide groups is 1. The van der Waals surface area contributed by atoms with Crippen LogP contribution in [0, 0.1) is 0 Å². The number of anilines is 3. The summed E-state index contributed by atoms with van der Waals surface area (Å²) in [6, 6.07) is 24.7. The first-order valence-corrected chi connectivity index (χ1v) is 11.0. The molecule has 0 spiro atoms. The third kappa shape index (κ3) is 4.40. The largest absolute Gasteiger partial charge is 0.378 e. The highest BCUT2D eigenvalue weighted by Crippen LogP contribution is 2.35. The van der Waals surface area contributed by atoms with Gasteiger partial charge < -0.3 is 10.2 Å². The maximum Gasteiger partial charge on any atom is 0.282 e. The Morgan fingerprint density at radius 3 is 2.06 bits per heavy atom. The van der Waals surface area contributed by atoms with E-state index in [0.717, 1.165) is 11.4 Å². The second kappa shape index (κ2) is 8.58. The van der Waals surface area contributed by atoms with Crippen molar-refractivity contribution in [2.45, 2.75) is 26.2 Å². The van der Waals surface area contributed by atoms with Gasteiger partial charge in [0.1, 0.15) is 5.70 Å². The lowest BCUT2D eigenvalue weighted by Gasteiger charge is -2.20. The smallest absolute Gasteiger partial charge is 0.282 e. The van der Waals surface area contributed by atoms with Gasteiger partial charge in [0.2, 0.25) is 0 Å². The summed E-state index contributed by atoms with van der Waals surface area (Å²) in [5.74, 6) is -0.703. The van der Waals surface area contributed by atoms with Crippen molar-refractivity contribution in [2.24, 2.45) is 0 Å². The molecule has 0 radical (unpaired) electrons. The summed E-state index contributed by atoms with van der Waals surface area (Å²) in [4.78, 5) is 30.4. The summed E-state index contributed by atoms with van der Waals surface area (Å²) >= 11 is 0. The van der Waals surface area contributed by atoms with Gasteiger partial charge in [0.05, 0.1) is 11.3 Å². The molecule has 1 N–H and O–H groups in total. The van der Waals surface area contributed by atoms with Crippen molar-refractivity contribution in [3.63, 3.8) is 0 Å². The Morgan fingerprint density at radius 1 is 0.788 bits per heavy atom. The van der Waals surface area contributed by atoms with Gasteiger partial charge in [0, 0.05) is 25.5 Å². The van der Waals surface area contributed by atoms with Crippen LogP contribution in [-0.4, -0.2) is 25.9 Å². The van der Waals surface area contributed by atoms with Gasteiger partial charge >= 0.3 is 0 Å². The molecule has 2 amide bonds. The zero-order valence-corrected chi connectivity index (χ0v) is 19.7. The van der Waals surface area contributed by atoms with E-state index in [2.05, 4.69) is 26.1 Å². The molecule has 0 saturated heterocycles. The number of nitrogens with zero attached hydrogens (tertiary/aromatic N) is 2. The molecule has 0 atom stereocenters. The maximum atomic E-state index is 13.6. The molecule has 168 valence electrons. The van der Waals surface area contributed by atoms with E-state index in [4.69, 9.17) is 0 Å². The minimum absolute atomic E-state index is 0.0282. The van der Waals surface area contributed by atoms with Gasteiger partial charge in [-0.1, -0.05) is 69.3 Å². The number of carbonyl (C=O) groups is 2. The Labute approximate surface area is 195 Å². The number of hydrogen-bond donors (Lipinski definition) is 1. The minimum atomic E-state index is -0.366. The molecule has 4 rings (SSSR count). The lowest BCUT2D eigenvalue weighted by molar-refractivity contribution is -0.120. The molecule has 0 saturated carbocycles. The Morgan fingerprint density at radius 2 is 1.45 bits per heavy atom. The summed E-state index contributed by atoms with van der Waals surface area (Å²) in [5, 5.41) is 3.24. The van der Waals surface area contributed by atoms with Crippen molar-refractivity contribution >= 4 is 34.4 Å². The van der Waals surface area contributed by atoms with E-state index in [9.17, 15) is 9.59 Å². The van der Waals surface area contributed by atoms with Crippen LogP contribution in [0.3, 0.4) is 0 Å². The zero-order chi connectivity index (χ0) is 23.8. The number of nitrogens with one attached hydrogen (secondary N) is 1. The minimum Gasteiger partial charge on any atom is -0.378 e. The molecule has 1 heterocycles. The van der Waals surface area contributed by atoms with Crippen LogP contribution in [0.4, 0.5) is 17.1 Å². The van der Waals surface area contributed by atoms with Crippen molar-refractivity contribution in [3.8, 4) is 0 Å². The molecule has 33 heavy (non-hydrogen) atoms. The van der Waals surface area contributed by atoms with E-state index in [1.807, 2.05) is 91.8 Å². The SMILES string of the molecule is CN(C)c1cccc(N2C(=O)C(Nc3ccc(C(C)(C)C)cc3)=C(c3ccccc3)C2=O)c1. The lowest BCUT2D eigenvalue weighted by atomic mass is 9.87. The van der Waals surface area contributed by atoms with Gasteiger partial charge in [-0.25, -0.2) is 4.90 Å². The average molecular weight is 440 g/mol. The highest BCUT2D eigenvalue weighted by atomic mass is 16.2. The summed E-state index contributed by atoms with van der Waals surface area (Å²) in [7, 11) is 3.85. The van der Waals surface area contributed by atoms with E-state index in [-0.39, 0.29) is 22.9 Å². The fourth-order valence-corrected chi connectivity index (χ4v) is 3.86. The highest BCUT2D eigenvalue weighted by molar-refractivity contribution is 6.46. The van der Waals surface area contributed by atoms with Crippen molar-refractivity contribution in [1.82, 2.24) is 0 Å². The second-order valence-electron chi connectivity index (χ2n) is 9.43. The molecule has 0 unspecified atom stereocenters. The van der Waals surface area contributed by atoms with Crippen molar-refractivity contribution < 1.29 is 9.59 Å². The molecule has 3 aromatic rings. The Balaban J connectivity index is 1.76. The predicted molar refractivity (Wildman–Crippen MR) is 135 cm³/mol. The van der Waals surface area contributed by atoms with Crippen LogP contribution in [0.25, 0.3) is 5.57 Å². The molecule has 0 bridgehead atoms. The van der Waals surface area contributed by atoms with E-state index in [0.29, 0.717) is 16.8 Å². The summed E-state index contributed by atoms with van der Waals surface area (Å²) < 4.78 is 0. The van der Waals surface area contributed by atoms with Gasteiger partial charge in [-0.15, -0.1) is 0 Å². The topological polar surface area (TPSA) is 52.6 Å². The molecular formula is C28H29N3O2. The first kappa shape index (κ1) is 22.3. The normalized spacial score (nSPS) is 14.2. The fourth-order valence-electron chi connectivity index (χ4n) is 3.86. The van der Waals surface area contributed by atoms with Gasteiger partial charge in [0.25, 0.3) is 11.8 Å². The van der Waals surface area contributed by atoms with Crippen LogP contribution in [0.5, 0.6) is 0 Å². The third-order valence-corrected chi connectivity index (χ3v) is 5.77. The van der Waals surface area contributed by atoms with Crippen LogP contribution in [0.1, 0.15) is 31.9 Å². The predicted octanol–water partition coefficient (Wildman–Crippen LogP) is 5.45. The Hall–Kier alpha value is -3.86. The summed E-state index contributed by atoms with van der Waals surface area (Å²) in [6.07, 6.45) is 0. The summed E-state index contributed by atoms with van der Waals surface area (Å²) in [6.45, 7) is 6.47. The molecule has 3 aromatic carbocycles. The van der Waals surface area contributed by atoms with Gasteiger partial charge in [0.15, 0.2) is 0 Å². The number of amides is 2. The maximum absolute atomic E-state index is 13.6. The van der Waals surface area contributed by atoms with E-state index in [1.54, 1.807) is 6.07 Å². The molecular weight excluding hydrogens is 410 g/mol. The third-order valence-electron chi connectivity index (χ3n) is 5.77. The van der Waals surface area contributed by atoms with Crippen LogP contribution in [0.2, 0.25) is 0 Å². The van der Waals surface area contributed by atoms with Crippen LogP contribution < -0.4 is 15.1 Å². The van der Waals surface area contributed by atoms with Crippen LogP contribution in [-0.2, 0) is 15.0 Å².